The summed E-state index contributed by atoms with van der Waals surface area (Å²) in [5.41, 5.74) is -0.426. The van der Waals surface area contributed by atoms with E-state index in [2.05, 4.69) is 0 Å². The molecule has 0 spiro atoms. The Morgan fingerprint density at radius 2 is 1.79 bits per heavy atom. The Balaban J connectivity index is 1.59. The van der Waals surface area contributed by atoms with Crippen molar-refractivity contribution in [3.63, 3.8) is 0 Å². The Morgan fingerprint density at radius 1 is 1.17 bits per heavy atom. The van der Waals surface area contributed by atoms with Gasteiger partial charge in [-0.15, -0.1) is 0 Å². The van der Waals surface area contributed by atoms with E-state index in [1.54, 1.807) is 0 Å². The number of carbonyl (C=O) groups excluding carboxylic acids is 4. The molecule has 2 amide bonds. The van der Waals surface area contributed by atoms with Gasteiger partial charge in [-0.1, -0.05) is 12.2 Å². The van der Waals surface area contributed by atoms with Crippen molar-refractivity contribution >= 4 is 29.3 Å². The molecule has 10 heteroatoms. The van der Waals surface area contributed by atoms with E-state index in [0.29, 0.717) is 12.8 Å². The molecule has 1 aromatic carbocycles. The number of carbonyl (C=O) groups is 4. The molecule has 1 aromatic rings. The molecule has 10 nitrogen and oxygen atoms in total. The Bertz CT molecular complexity index is 897. The zero-order chi connectivity index (χ0) is 21.1. The van der Waals surface area contributed by atoms with Gasteiger partial charge < -0.3 is 9.47 Å². The zero-order valence-corrected chi connectivity index (χ0v) is 15.5. The number of benzene rings is 1. The SMILES string of the molecule is COc1ccc(C(=O)COC(=O)CN2C(=O)C3CC=CCC3C2=O)cc1[N+](=O)[O-]. The van der Waals surface area contributed by atoms with Gasteiger partial charge in [0.15, 0.2) is 12.4 Å². The third-order valence-electron chi connectivity index (χ3n) is 4.95. The molecule has 3 rings (SSSR count). The fourth-order valence-electron chi connectivity index (χ4n) is 3.44. The molecular weight excluding hydrogens is 384 g/mol. The van der Waals surface area contributed by atoms with E-state index in [-0.39, 0.29) is 11.3 Å². The van der Waals surface area contributed by atoms with E-state index in [9.17, 15) is 29.3 Å². The summed E-state index contributed by atoms with van der Waals surface area (Å²) in [6, 6.07) is 3.61. The van der Waals surface area contributed by atoms with E-state index in [1.807, 2.05) is 12.2 Å². The van der Waals surface area contributed by atoms with Gasteiger partial charge in [-0.25, -0.2) is 0 Å². The predicted molar refractivity (Wildman–Crippen MR) is 97.0 cm³/mol. The molecule has 29 heavy (non-hydrogen) atoms. The number of hydrogen-bond acceptors (Lipinski definition) is 8. The van der Waals surface area contributed by atoms with Crippen molar-refractivity contribution in [3.05, 3.63) is 46.0 Å². The summed E-state index contributed by atoms with van der Waals surface area (Å²) in [5.74, 6) is -3.33. The molecule has 152 valence electrons. The monoisotopic (exact) mass is 402 g/mol. The first kappa shape index (κ1) is 20.2. The van der Waals surface area contributed by atoms with Gasteiger partial charge >= 0.3 is 11.7 Å². The highest BCUT2D eigenvalue weighted by atomic mass is 16.6. The number of esters is 1. The molecule has 0 saturated carbocycles. The maximum absolute atomic E-state index is 12.3. The summed E-state index contributed by atoms with van der Waals surface area (Å²) in [6.45, 7) is -1.24. The number of methoxy groups -OCH3 is 1. The number of nitro groups is 1. The lowest BCUT2D eigenvalue weighted by Gasteiger charge is -2.14. The van der Waals surface area contributed by atoms with Gasteiger partial charge in [0.25, 0.3) is 0 Å². The van der Waals surface area contributed by atoms with Gasteiger partial charge in [0, 0.05) is 11.6 Å². The quantitative estimate of drug-likeness (QED) is 0.166. The second kappa shape index (κ2) is 8.21. The Kier molecular flexibility index (Phi) is 5.71. The van der Waals surface area contributed by atoms with Crippen LogP contribution in [0.2, 0.25) is 0 Å². The van der Waals surface area contributed by atoms with Crippen molar-refractivity contribution in [2.45, 2.75) is 12.8 Å². The van der Waals surface area contributed by atoms with Crippen LogP contribution in [0, 0.1) is 22.0 Å². The lowest BCUT2D eigenvalue weighted by Crippen LogP contribution is -2.37. The van der Waals surface area contributed by atoms with E-state index in [4.69, 9.17) is 9.47 Å². The minimum absolute atomic E-state index is 0.00874. The van der Waals surface area contributed by atoms with Gasteiger partial charge in [-0.2, -0.15) is 0 Å². The van der Waals surface area contributed by atoms with Crippen LogP contribution in [0.1, 0.15) is 23.2 Å². The van der Waals surface area contributed by atoms with Crippen molar-refractivity contribution in [1.82, 2.24) is 4.90 Å². The first-order valence-corrected chi connectivity index (χ1v) is 8.85. The number of fused-ring (bicyclic) bond motifs is 1. The molecule has 1 heterocycles. The van der Waals surface area contributed by atoms with Gasteiger partial charge in [-0.05, 0) is 25.0 Å². The van der Waals surface area contributed by atoms with Crippen LogP contribution >= 0.6 is 0 Å². The fraction of sp³-hybridized carbons (Fsp3) is 0.368. The zero-order valence-electron chi connectivity index (χ0n) is 15.5. The number of hydrogen-bond donors (Lipinski definition) is 0. The van der Waals surface area contributed by atoms with Gasteiger partial charge in [-0.3, -0.25) is 34.2 Å². The standard InChI is InChI=1S/C19H18N2O8/c1-28-16-7-6-11(8-14(16)21(26)27)15(22)10-29-17(23)9-20-18(24)12-4-2-3-5-13(12)19(20)25/h2-3,6-8,12-13H,4-5,9-10H2,1H3. The smallest absolute Gasteiger partial charge is 0.326 e. The highest BCUT2D eigenvalue weighted by molar-refractivity contribution is 6.07. The number of allylic oxidation sites excluding steroid dienone is 2. The fourth-order valence-corrected chi connectivity index (χ4v) is 3.44. The van der Waals surface area contributed by atoms with E-state index >= 15 is 0 Å². The molecule has 0 N–H and O–H groups in total. The molecule has 2 atom stereocenters. The number of amides is 2. The number of ketones is 1. The van der Waals surface area contributed by atoms with Crippen molar-refractivity contribution < 1.29 is 33.6 Å². The largest absolute Gasteiger partial charge is 0.490 e. The minimum atomic E-state index is -0.908. The maximum Gasteiger partial charge on any atom is 0.326 e. The molecule has 1 aliphatic carbocycles. The topological polar surface area (TPSA) is 133 Å². The molecular formula is C19H18N2O8. The van der Waals surface area contributed by atoms with E-state index < -0.39 is 59.2 Å². The Labute approximate surface area is 165 Å². The summed E-state index contributed by atoms with van der Waals surface area (Å²) in [7, 11) is 1.26. The molecule has 2 unspecified atom stereocenters. The average Bonchev–Trinajstić information content (AvgIpc) is 2.96. The third-order valence-corrected chi connectivity index (χ3v) is 4.95. The lowest BCUT2D eigenvalue weighted by atomic mass is 9.85. The van der Waals surface area contributed by atoms with Crippen LogP contribution < -0.4 is 4.74 Å². The van der Waals surface area contributed by atoms with Crippen LogP contribution in [0.5, 0.6) is 5.75 Å². The third kappa shape index (κ3) is 4.00. The number of nitro benzene ring substituents is 1. The maximum atomic E-state index is 12.3. The van der Waals surface area contributed by atoms with Crippen molar-refractivity contribution in [2.75, 3.05) is 20.3 Å². The molecule has 1 aliphatic heterocycles. The summed E-state index contributed by atoms with van der Waals surface area (Å²) in [5, 5.41) is 11.0. The van der Waals surface area contributed by atoms with Crippen molar-refractivity contribution in [1.29, 1.82) is 0 Å². The van der Waals surface area contributed by atoms with Gasteiger partial charge in [0.1, 0.15) is 6.54 Å². The highest BCUT2D eigenvalue weighted by Crippen LogP contribution is 2.34. The number of likely N-dealkylation sites (tertiary alicyclic amines) is 1. The van der Waals surface area contributed by atoms with Gasteiger partial charge in [0.05, 0.1) is 23.9 Å². The summed E-state index contributed by atoms with van der Waals surface area (Å²) in [4.78, 5) is 60.1. The number of nitrogens with zero attached hydrogens (tertiary/aromatic N) is 2. The van der Waals surface area contributed by atoms with Crippen LogP contribution in [0.3, 0.4) is 0 Å². The number of ether oxygens (including phenoxy) is 2. The molecule has 1 fully saturated rings. The Hall–Kier alpha value is -3.56. The van der Waals surface area contributed by atoms with Crippen molar-refractivity contribution in [3.8, 4) is 5.75 Å². The second-order valence-corrected chi connectivity index (χ2v) is 6.65. The first-order valence-electron chi connectivity index (χ1n) is 8.85. The van der Waals surface area contributed by atoms with E-state index in [0.717, 1.165) is 11.0 Å². The van der Waals surface area contributed by atoms with Crippen LogP contribution in [0.25, 0.3) is 0 Å². The minimum Gasteiger partial charge on any atom is -0.490 e. The molecule has 0 bridgehead atoms. The second-order valence-electron chi connectivity index (χ2n) is 6.65. The lowest BCUT2D eigenvalue weighted by molar-refractivity contribution is -0.385. The average molecular weight is 402 g/mol. The summed E-state index contributed by atoms with van der Waals surface area (Å²) in [6.07, 6.45) is 4.58. The summed E-state index contributed by atoms with van der Waals surface area (Å²) >= 11 is 0. The van der Waals surface area contributed by atoms with Crippen LogP contribution in [-0.4, -0.2) is 53.7 Å². The Morgan fingerprint density at radius 3 is 2.34 bits per heavy atom. The normalized spacial score (nSPS) is 20.4. The van der Waals surface area contributed by atoms with E-state index in [1.165, 1.54) is 19.2 Å². The van der Waals surface area contributed by atoms with Crippen molar-refractivity contribution in [2.24, 2.45) is 11.8 Å². The number of Topliss-reactive ketones (excluding diaryl/α,β-unsaturated/α-hetero) is 1. The summed E-state index contributed by atoms with van der Waals surface area (Å²) < 4.78 is 9.74. The van der Waals surface area contributed by atoms with Crippen LogP contribution in [0.4, 0.5) is 5.69 Å². The van der Waals surface area contributed by atoms with Crippen LogP contribution in [0.15, 0.2) is 30.4 Å². The predicted octanol–water partition coefficient (Wildman–Crippen LogP) is 1.28. The molecule has 0 aromatic heterocycles. The highest BCUT2D eigenvalue weighted by Gasteiger charge is 2.47. The number of rotatable bonds is 7. The number of imide groups is 1. The van der Waals surface area contributed by atoms with Crippen LogP contribution in [-0.2, 0) is 19.1 Å². The molecule has 0 radical (unpaired) electrons. The van der Waals surface area contributed by atoms with Gasteiger partial charge in [0.2, 0.25) is 17.6 Å². The first-order chi connectivity index (χ1) is 13.8. The molecule has 2 aliphatic rings. The molecule has 1 saturated heterocycles.